The van der Waals surface area contributed by atoms with Crippen LogP contribution >= 0.6 is 0 Å². The Morgan fingerprint density at radius 1 is 1.26 bits per heavy atom. The molecule has 6 nitrogen and oxygen atoms in total. The summed E-state index contributed by atoms with van der Waals surface area (Å²) in [6, 6.07) is 5.30. The van der Waals surface area contributed by atoms with Gasteiger partial charge in [-0.05, 0) is 62.3 Å². The van der Waals surface area contributed by atoms with Gasteiger partial charge in [-0.1, -0.05) is 13.8 Å². The maximum Gasteiger partial charge on any atom is 0.303 e. The molecular weight excluding hydrogens is 344 g/mol. The number of hydrogen-bond acceptors (Lipinski definition) is 3. The van der Waals surface area contributed by atoms with Gasteiger partial charge >= 0.3 is 5.97 Å². The van der Waals surface area contributed by atoms with Crippen molar-refractivity contribution in [2.75, 3.05) is 11.9 Å². The molecule has 0 radical (unpaired) electrons. The summed E-state index contributed by atoms with van der Waals surface area (Å²) < 4.78 is 0. The highest BCUT2D eigenvalue weighted by Crippen LogP contribution is 2.25. The molecule has 2 N–H and O–H groups in total. The Balaban J connectivity index is 2.09. The number of amides is 2. The zero-order valence-electron chi connectivity index (χ0n) is 16.5. The quantitative estimate of drug-likeness (QED) is 0.759. The Hall–Kier alpha value is -2.37. The van der Waals surface area contributed by atoms with Gasteiger partial charge in [-0.15, -0.1) is 0 Å². The van der Waals surface area contributed by atoms with E-state index in [1.165, 1.54) is 0 Å². The van der Waals surface area contributed by atoms with E-state index in [-0.39, 0.29) is 30.2 Å². The zero-order valence-corrected chi connectivity index (χ0v) is 16.5. The number of likely N-dealkylation sites (tertiary alicyclic amines) is 1. The average Bonchev–Trinajstić information content (AvgIpc) is 2.60. The number of piperidine rings is 1. The summed E-state index contributed by atoms with van der Waals surface area (Å²) in [5.41, 5.74) is 2.15. The van der Waals surface area contributed by atoms with Crippen LogP contribution in [-0.4, -0.2) is 40.4 Å². The third-order valence-corrected chi connectivity index (χ3v) is 4.92. The van der Waals surface area contributed by atoms with Crippen LogP contribution in [0.25, 0.3) is 0 Å². The number of aliphatic carboxylic acids is 1. The molecular formula is C21H30N2O4. The molecule has 1 aromatic rings. The van der Waals surface area contributed by atoms with Crippen LogP contribution in [0.5, 0.6) is 0 Å². The maximum atomic E-state index is 13.0. The fourth-order valence-electron chi connectivity index (χ4n) is 3.53. The molecule has 6 heteroatoms. The van der Waals surface area contributed by atoms with Crippen molar-refractivity contribution >= 4 is 23.5 Å². The van der Waals surface area contributed by atoms with E-state index in [1.807, 2.05) is 25.7 Å². The average molecular weight is 374 g/mol. The van der Waals surface area contributed by atoms with Gasteiger partial charge in [-0.2, -0.15) is 0 Å². The number of hydrogen-bond donors (Lipinski definition) is 2. The molecule has 0 saturated carbocycles. The molecule has 1 atom stereocenters. The highest BCUT2D eigenvalue weighted by Gasteiger charge is 2.28. The lowest BCUT2D eigenvalue weighted by Gasteiger charge is -2.36. The van der Waals surface area contributed by atoms with Crippen LogP contribution in [-0.2, 0) is 9.59 Å². The van der Waals surface area contributed by atoms with Gasteiger partial charge in [0.05, 0.1) is 0 Å². The van der Waals surface area contributed by atoms with Crippen molar-refractivity contribution in [3.8, 4) is 0 Å². The summed E-state index contributed by atoms with van der Waals surface area (Å²) in [5, 5.41) is 11.8. The number of benzene rings is 1. The van der Waals surface area contributed by atoms with E-state index < -0.39 is 5.97 Å². The number of anilines is 1. The number of nitrogens with one attached hydrogen (secondary N) is 1. The molecule has 1 heterocycles. The van der Waals surface area contributed by atoms with Crippen molar-refractivity contribution in [3.63, 3.8) is 0 Å². The summed E-state index contributed by atoms with van der Waals surface area (Å²) in [6.45, 7) is 6.52. The Morgan fingerprint density at radius 2 is 2.00 bits per heavy atom. The standard InChI is InChI=1S/C21H30N2O4/c1-14(2)12-19(24)22-18-9-7-16(13-15(18)3)21(27)23-11-5-4-6-17(23)8-10-20(25)26/h7,9,13-14,17H,4-6,8,10-12H2,1-3H3,(H,22,24)(H,25,26). The van der Waals surface area contributed by atoms with Crippen molar-refractivity contribution in [2.45, 2.75) is 65.3 Å². The minimum Gasteiger partial charge on any atom is -0.481 e. The molecule has 0 aliphatic carbocycles. The van der Waals surface area contributed by atoms with Crippen molar-refractivity contribution in [3.05, 3.63) is 29.3 Å². The molecule has 1 saturated heterocycles. The molecule has 2 amide bonds. The zero-order chi connectivity index (χ0) is 20.0. The summed E-state index contributed by atoms with van der Waals surface area (Å²) in [4.78, 5) is 37.7. The fraction of sp³-hybridized carbons (Fsp3) is 0.571. The molecule has 148 valence electrons. The second-order valence-electron chi connectivity index (χ2n) is 7.76. The van der Waals surface area contributed by atoms with Gasteiger partial charge in [0.15, 0.2) is 0 Å². The summed E-state index contributed by atoms with van der Waals surface area (Å²) >= 11 is 0. The highest BCUT2D eigenvalue weighted by atomic mass is 16.4. The molecule has 1 aromatic carbocycles. The van der Waals surface area contributed by atoms with Crippen LogP contribution in [0, 0.1) is 12.8 Å². The van der Waals surface area contributed by atoms with Crippen LogP contribution in [0.1, 0.15) is 68.3 Å². The number of aryl methyl sites for hydroxylation is 1. The van der Waals surface area contributed by atoms with E-state index >= 15 is 0 Å². The smallest absolute Gasteiger partial charge is 0.303 e. The van der Waals surface area contributed by atoms with Crippen LogP contribution in [0.4, 0.5) is 5.69 Å². The first kappa shape index (κ1) is 20.9. The number of carboxylic acids is 1. The number of carbonyl (C=O) groups excluding carboxylic acids is 2. The van der Waals surface area contributed by atoms with Gasteiger partial charge in [-0.25, -0.2) is 0 Å². The molecule has 27 heavy (non-hydrogen) atoms. The topological polar surface area (TPSA) is 86.7 Å². The number of rotatable bonds is 7. The van der Waals surface area contributed by atoms with Gasteiger partial charge in [-0.3, -0.25) is 14.4 Å². The summed E-state index contributed by atoms with van der Waals surface area (Å²) in [5.74, 6) is -0.636. The van der Waals surface area contributed by atoms with Crippen molar-refractivity contribution in [1.82, 2.24) is 4.90 Å². The largest absolute Gasteiger partial charge is 0.481 e. The van der Waals surface area contributed by atoms with Gasteiger partial charge < -0.3 is 15.3 Å². The maximum absolute atomic E-state index is 13.0. The van der Waals surface area contributed by atoms with E-state index in [1.54, 1.807) is 18.2 Å². The van der Waals surface area contributed by atoms with Crippen molar-refractivity contribution < 1.29 is 19.5 Å². The Kier molecular flexibility index (Phi) is 7.39. The van der Waals surface area contributed by atoms with E-state index in [0.29, 0.717) is 24.9 Å². The molecule has 0 bridgehead atoms. The SMILES string of the molecule is Cc1cc(C(=O)N2CCCCC2CCC(=O)O)ccc1NC(=O)CC(C)C. The molecule has 0 aromatic heterocycles. The van der Waals surface area contributed by atoms with Crippen LogP contribution in [0.15, 0.2) is 18.2 Å². The molecule has 1 unspecified atom stereocenters. The van der Waals surface area contributed by atoms with E-state index in [4.69, 9.17) is 5.11 Å². The minimum absolute atomic E-state index is 0.0203. The van der Waals surface area contributed by atoms with Gasteiger partial charge in [0, 0.05) is 36.7 Å². The number of carbonyl (C=O) groups is 3. The van der Waals surface area contributed by atoms with Gasteiger partial charge in [0.1, 0.15) is 0 Å². The van der Waals surface area contributed by atoms with Crippen LogP contribution in [0.2, 0.25) is 0 Å². The Morgan fingerprint density at radius 3 is 2.63 bits per heavy atom. The van der Waals surface area contributed by atoms with Crippen LogP contribution < -0.4 is 5.32 Å². The lowest BCUT2D eigenvalue weighted by atomic mass is 9.96. The summed E-state index contributed by atoms with van der Waals surface area (Å²) in [6.07, 6.45) is 3.84. The minimum atomic E-state index is -0.828. The molecule has 1 aliphatic rings. The second-order valence-corrected chi connectivity index (χ2v) is 7.76. The molecule has 1 fully saturated rings. The summed E-state index contributed by atoms with van der Waals surface area (Å²) in [7, 11) is 0. The van der Waals surface area contributed by atoms with Crippen LogP contribution in [0.3, 0.4) is 0 Å². The molecule has 1 aliphatic heterocycles. The lowest BCUT2D eigenvalue weighted by molar-refractivity contribution is -0.137. The third-order valence-electron chi connectivity index (χ3n) is 4.92. The van der Waals surface area contributed by atoms with Crippen molar-refractivity contribution in [1.29, 1.82) is 0 Å². The van der Waals surface area contributed by atoms with E-state index in [9.17, 15) is 14.4 Å². The van der Waals surface area contributed by atoms with E-state index in [2.05, 4.69) is 5.32 Å². The third kappa shape index (κ3) is 6.08. The first-order valence-corrected chi connectivity index (χ1v) is 9.71. The predicted octanol–water partition coefficient (Wildman–Crippen LogP) is 3.84. The molecule has 0 spiro atoms. The Labute approximate surface area is 160 Å². The Bertz CT molecular complexity index is 699. The normalized spacial score (nSPS) is 17.0. The second kappa shape index (κ2) is 9.53. The van der Waals surface area contributed by atoms with E-state index in [0.717, 1.165) is 30.5 Å². The van der Waals surface area contributed by atoms with Gasteiger partial charge in [0.2, 0.25) is 5.91 Å². The fourth-order valence-corrected chi connectivity index (χ4v) is 3.53. The first-order chi connectivity index (χ1) is 12.8. The van der Waals surface area contributed by atoms with Crippen molar-refractivity contribution in [2.24, 2.45) is 5.92 Å². The lowest BCUT2D eigenvalue weighted by Crippen LogP contribution is -2.44. The van der Waals surface area contributed by atoms with Gasteiger partial charge in [0.25, 0.3) is 5.91 Å². The first-order valence-electron chi connectivity index (χ1n) is 9.71. The number of nitrogens with zero attached hydrogens (tertiary/aromatic N) is 1. The monoisotopic (exact) mass is 374 g/mol. The number of carboxylic acid groups (broad SMARTS) is 1. The molecule has 2 rings (SSSR count). The highest BCUT2D eigenvalue weighted by molar-refractivity contribution is 5.96. The predicted molar refractivity (Wildman–Crippen MR) is 105 cm³/mol.